The summed E-state index contributed by atoms with van der Waals surface area (Å²) >= 11 is 0. The number of carbonyl (C=O) groups excluding carboxylic acids is 1. The van der Waals surface area contributed by atoms with Gasteiger partial charge in [-0.25, -0.2) is 4.39 Å². The number of carbonyl (C=O) groups is 1. The third-order valence-electron chi connectivity index (χ3n) is 4.78. The normalized spacial score (nSPS) is 11.6. The first-order valence-corrected chi connectivity index (χ1v) is 9.44. The Hall–Kier alpha value is -2.36. The Morgan fingerprint density at radius 1 is 1.15 bits per heavy atom. The number of amides is 1. The van der Waals surface area contributed by atoms with Crippen LogP contribution in [0.15, 0.2) is 42.5 Å². The lowest BCUT2D eigenvalue weighted by atomic mass is 9.83. The van der Waals surface area contributed by atoms with Crippen LogP contribution >= 0.6 is 0 Å². The molecule has 146 valence electrons. The highest BCUT2D eigenvalue weighted by Gasteiger charge is 2.28. The second-order valence-electron chi connectivity index (χ2n) is 7.90. The minimum Gasteiger partial charge on any atom is -0.494 e. The van der Waals surface area contributed by atoms with Crippen molar-refractivity contribution in [3.8, 4) is 5.75 Å². The maximum atomic E-state index is 14.4. The lowest BCUT2D eigenvalue weighted by Crippen LogP contribution is -2.38. The van der Waals surface area contributed by atoms with E-state index in [4.69, 9.17) is 4.74 Å². The predicted octanol–water partition coefficient (Wildman–Crippen LogP) is 5.40. The number of likely N-dealkylation sites (N-methyl/N-ethyl adjacent to an activating group) is 1. The van der Waals surface area contributed by atoms with E-state index in [2.05, 4.69) is 13.8 Å². The maximum Gasteiger partial charge on any atom is 0.253 e. The molecule has 1 amide bonds. The predicted molar refractivity (Wildman–Crippen MR) is 108 cm³/mol. The second-order valence-corrected chi connectivity index (χ2v) is 7.90. The van der Waals surface area contributed by atoms with E-state index in [1.807, 2.05) is 45.0 Å². The zero-order chi connectivity index (χ0) is 20.2. The fourth-order valence-electron chi connectivity index (χ4n) is 3.26. The lowest BCUT2D eigenvalue weighted by molar-refractivity contribution is 0.0766. The molecule has 27 heavy (non-hydrogen) atoms. The molecule has 0 saturated carbocycles. The molecule has 0 aromatic heterocycles. The summed E-state index contributed by atoms with van der Waals surface area (Å²) < 4.78 is 19.9. The average Bonchev–Trinajstić information content (AvgIpc) is 2.62. The standard InChI is InChI=1S/C23H30FNO2/c1-7-27-19-12-13-21(24)20(14-19)23(4,5)15-25(6)22(26)18-10-8-17(9-11-18)16(2)3/h8-14,16H,7,15H2,1-6H3. The molecule has 0 atom stereocenters. The van der Waals surface area contributed by atoms with Gasteiger partial charge in [0.25, 0.3) is 5.91 Å². The summed E-state index contributed by atoms with van der Waals surface area (Å²) in [6.45, 7) is 10.9. The summed E-state index contributed by atoms with van der Waals surface area (Å²) in [5.41, 5.74) is 1.83. The van der Waals surface area contributed by atoms with Crippen LogP contribution in [0.2, 0.25) is 0 Å². The van der Waals surface area contributed by atoms with Crippen LogP contribution in [0.4, 0.5) is 4.39 Å². The van der Waals surface area contributed by atoms with Gasteiger partial charge in [0.15, 0.2) is 0 Å². The number of hydrogen-bond donors (Lipinski definition) is 0. The van der Waals surface area contributed by atoms with Crippen LogP contribution in [0.1, 0.15) is 62.0 Å². The Labute approximate surface area is 162 Å². The average molecular weight is 371 g/mol. The zero-order valence-electron chi connectivity index (χ0n) is 17.2. The first-order chi connectivity index (χ1) is 12.7. The van der Waals surface area contributed by atoms with Gasteiger partial charge in [0, 0.05) is 24.6 Å². The van der Waals surface area contributed by atoms with Crippen molar-refractivity contribution >= 4 is 5.91 Å². The molecule has 0 aliphatic heterocycles. The van der Waals surface area contributed by atoms with Crippen molar-refractivity contribution in [3.05, 3.63) is 65.0 Å². The molecule has 3 nitrogen and oxygen atoms in total. The highest BCUT2D eigenvalue weighted by molar-refractivity contribution is 5.94. The summed E-state index contributed by atoms with van der Waals surface area (Å²) in [7, 11) is 1.75. The van der Waals surface area contributed by atoms with E-state index >= 15 is 0 Å². The Morgan fingerprint density at radius 2 is 1.78 bits per heavy atom. The second kappa shape index (κ2) is 8.55. The number of rotatable bonds is 7. The Kier molecular flexibility index (Phi) is 6.63. The van der Waals surface area contributed by atoms with Crippen molar-refractivity contribution in [2.45, 2.75) is 46.0 Å². The van der Waals surface area contributed by atoms with Crippen LogP contribution in [0, 0.1) is 5.82 Å². The highest BCUT2D eigenvalue weighted by Crippen LogP contribution is 2.30. The van der Waals surface area contributed by atoms with Gasteiger partial charge in [0.2, 0.25) is 0 Å². The van der Waals surface area contributed by atoms with E-state index in [1.165, 1.54) is 11.6 Å². The van der Waals surface area contributed by atoms with Gasteiger partial charge in [0.05, 0.1) is 6.61 Å². The van der Waals surface area contributed by atoms with Gasteiger partial charge in [-0.05, 0) is 54.3 Å². The van der Waals surface area contributed by atoms with Gasteiger partial charge in [-0.3, -0.25) is 4.79 Å². The monoisotopic (exact) mass is 371 g/mol. The van der Waals surface area contributed by atoms with Gasteiger partial charge in [-0.15, -0.1) is 0 Å². The summed E-state index contributed by atoms with van der Waals surface area (Å²) in [6, 6.07) is 12.5. The van der Waals surface area contributed by atoms with E-state index in [0.717, 1.165) is 0 Å². The molecule has 0 fully saturated rings. The Morgan fingerprint density at radius 3 is 2.33 bits per heavy atom. The molecule has 0 aliphatic rings. The molecule has 0 N–H and O–H groups in total. The van der Waals surface area contributed by atoms with E-state index < -0.39 is 5.41 Å². The fourth-order valence-corrected chi connectivity index (χ4v) is 3.26. The summed E-state index contributed by atoms with van der Waals surface area (Å²) in [5, 5.41) is 0. The van der Waals surface area contributed by atoms with Crippen molar-refractivity contribution in [3.63, 3.8) is 0 Å². The molecule has 4 heteroatoms. The molecule has 0 unspecified atom stereocenters. The fraction of sp³-hybridized carbons (Fsp3) is 0.435. The van der Waals surface area contributed by atoms with Crippen LogP contribution < -0.4 is 4.74 Å². The van der Waals surface area contributed by atoms with E-state index in [-0.39, 0.29) is 11.7 Å². The maximum absolute atomic E-state index is 14.4. The van der Waals surface area contributed by atoms with Gasteiger partial charge in [-0.2, -0.15) is 0 Å². The van der Waals surface area contributed by atoms with Crippen molar-refractivity contribution in [2.24, 2.45) is 0 Å². The largest absolute Gasteiger partial charge is 0.494 e. The molecular weight excluding hydrogens is 341 g/mol. The molecule has 2 aromatic carbocycles. The molecule has 2 rings (SSSR count). The van der Waals surface area contributed by atoms with Crippen LogP contribution in [0.5, 0.6) is 5.75 Å². The van der Waals surface area contributed by atoms with Crippen LogP contribution in [-0.2, 0) is 5.41 Å². The number of hydrogen-bond acceptors (Lipinski definition) is 2. The molecule has 2 aromatic rings. The molecule has 0 heterocycles. The summed E-state index contributed by atoms with van der Waals surface area (Å²) in [5.74, 6) is 0.706. The highest BCUT2D eigenvalue weighted by atomic mass is 19.1. The number of ether oxygens (including phenoxy) is 1. The van der Waals surface area contributed by atoms with Gasteiger partial charge < -0.3 is 9.64 Å². The van der Waals surface area contributed by atoms with E-state index in [9.17, 15) is 9.18 Å². The minimum absolute atomic E-state index is 0.0697. The molecule has 0 radical (unpaired) electrons. The third-order valence-corrected chi connectivity index (χ3v) is 4.78. The van der Waals surface area contributed by atoms with Crippen molar-refractivity contribution < 1.29 is 13.9 Å². The Balaban J connectivity index is 2.18. The zero-order valence-corrected chi connectivity index (χ0v) is 17.2. The van der Waals surface area contributed by atoms with E-state index in [0.29, 0.717) is 35.9 Å². The van der Waals surface area contributed by atoms with Gasteiger partial charge in [-0.1, -0.05) is 39.8 Å². The first-order valence-electron chi connectivity index (χ1n) is 9.44. The molecule has 0 saturated heterocycles. The molecule has 0 aliphatic carbocycles. The minimum atomic E-state index is -0.556. The summed E-state index contributed by atoms with van der Waals surface area (Å²) in [4.78, 5) is 14.4. The van der Waals surface area contributed by atoms with Crippen molar-refractivity contribution in [2.75, 3.05) is 20.2 Å². The first kappa shape index (κ1) is 20.9. The number of halogens is 1. The molecule has 0 bridgehead atoms. The Bertz CT molecular complexity index is 781. The molecular formula is C23H30FNO2. The lowest BCUT2D eigenvalue weighted by Gasteiger charge is -2.31. The number of nitrogens with zero attached hydrogens (tertiary/aromatic N) is 1. The van der Waals surface area contributed by atoms with Crippen molar-refractivity contribution in [1.29, 1.82) is 0 Å². The van der Waals surface area contributed by atoms with E-state index in [1.54, 1.807) is 24.1 Å². The quantitative estimate of drug-likeness (QED) is 0.652. The van der Waals surface area contributed by atoms with Gasteiger partial charge in [0.1, 0.15) is 11.6 Å². The van der Waals surface area contributed by atoms with Crippen molar-refractivity contribution in [1.82, 2.24) is 4.90 Å². The smallest absolute Gasteiger partial charge is 0.253 e. The topological polar surface area (TPSA) is 29.5 Å². The third kappa shape index (κ3) is 5.09. The van der Waals surface area contributed by atoms with Crippen LogP contribution in [-0.4, -0.2) is 31.0 Å². The SMILES string of the molecule is CCOc1ccc(F)c(C(C)(C)CN(C)C(=O)c2ccc(C(C)C)cc2)c1. The summed E-state index contributed by atoms with van der Waals surface area (Å²) in [6.07, 6.45) is 0. The van der Waals surface area contributed by atoms with Gasteiger partial charge >= 0.3 is 0 Å². The molecule has 0 spiro atoms. The number of benzene rings is 2. The van der Waals surface area contributed by atoms with Crippen LogP contribution in [0.25, 0.3) is 0 Å². The van der Waals surface area contributed by atoms with Crippen LogP contribution in [0.3, 0.4) is 0 Å².